The zero-order chi connectivity index (χ0) is 18.4. The Hall–Kier alpha value is -2.47. The summed E-state index contributed by atoms with van der Waals surface area (Å²) in [6, 6.07) is 8.22. The topological polar surface area (TPSA) is 75.1 Å². The molecule has 0 saturated heterocycles. The Morgan fingerprint density at radius 3 is 2.32 bits per heavy atom. The Bertz CT molecular complexity index is 953. The number of nitrogens with one attached hydrogen (secondary N) is 1. The molecule has 0 spiro atoms. The number of carbonyl (C=O) groups is 1. The van der Waals surface area contributed by atoms with Gasteiger partial charge in [-0.15, -0.1) is 11.3 Å². The number of hydrogen-bond acceptors (Lipinski definition) is 5. The van der Waals surface area contributed by atoms with E-state index in [4.69, 9.17) is 0 Å². The number of aryl methyl sites for hydroxylation is 2. The SMILES string of the molecule is Cc1nc(Nc2ccc(C(C)(C)C)cc2)c2c(C)c(C(=O)O)sc2n1. The number of anilines is 2. The highest BCUT2D eigenvalue weighted by molar-refractivity contribution is 7.20. The Labute approximate surface area is 150 Å². The van der Waals surface area contributed by atoms with Crippen molar-refractivity contribution in [2.24, 2.45) is 0 Å². The summed E-state index contributed by atoms with van der Waals surface area (Å²) in [6.45, 7) is 10.1. The monoisotopic (exact) mass is 355 g/mol. The molecule has 0 amide bonds. The van der Waals surface area contributed by atoms with Crippen LogP contribution in [0.4, 0.5) is 11.5 Å². The van der Waals surface area contributed by atoms with Gasteiger partial charge in [0.15, 0.2) is 0 Å². The number of rotatable bonds is 3. The summed E-state index contributed by atoms with van der Waals surface area (Å²) in [5.74, 6) is 0.324. The molecular weight excluding hydrogens is 334 g/mol. The van der Waals surface area contributed by atoms with Gasteiger partial charge in [0, 0.05) is 5.69 Å². The van der Waals surface area contributed by atoms with Gasteiger partial charge in [-0.05, 0) is 42.5 Å². The molecular formula is C19H21N3O2S. The number of hydrogen-bond donors (Lipinski definition) is 2. The van der Waals surface area contributed by atoms with E-state index in [1.165, 1.54) is 16.9 Å². The lowest BCUT2D eigenvalue weighted by Crippen LogP contribution is -2.10. The van der Waals surface area contributed by atoms with Crippen molar-refractivity contribution in [3.8, 4) is 0 Å². The quantitative estimate of drug-likeness (QED) is 0.688. The van der Waals surface area contributed by atoms with Crippen molar-refractivity contribution in [3.05, 3.63) is 46.1 Å². The molecule has 0 unspecified atom stereocenters. The fraction of sp³-hybridized carbons (Fsp3) is 0.316. The van der Waals surface area contributed by atoms with Crippen molar-refractivity contribution in [2.75, 3.05) is 5.32 Å². The average Bonchev–Trinajstić information content (AvgIpc) is 2.84. The van der Waals surface area contributed by atoms with Crippen LogP contribution in [0.25, 0.3) is 10.2 Å². The van der Waals surface area contributed by atoms with Gasteiger partial charge in [-0.1, -0.05) is 32.9 Å². The molecule has 0 radical (unpaired) electrons. The van der Waals surface area contributed by atoms with E-state index in [1.807, 2.05) is 19.1 Å². The molecule has 0 atom stereocenters. The summed E-state index contributed by atoms with van der Waals surface area (Å²) in [6.07, 6.45) is 0. The van der Waals surface area contributed by atoms with E-state index in [-0.39, 0.29) is 5.41 Å². The smallest absolute Gasteiger partial charge is 0.346 e. The first-order chi connectivity index (χ1) is 11.7. The van der Waals surface area contributed by atoms with Gasteiger partial charge >= 0.3 is 5.97 Å². The van der Waals surface area contributed by atoms with Gasteiger partial charge in [0.2, 0.25) is 0 Å². The summed E-state index contributed by atoms with van der Waals surface area (Å²) in [5, 5.41) is 13.5. The van der Waals surface area contributed by atoms with Crippen molar-refractivity contribution in [1.29, 1.82) is 0 Å². The van der Waals surface area contributed by atoms with Crippen LogP contribution in [-0.4, -0.2) is 21.0 Å². The number of aromatic nitrogens is 2. The van der Waals surface area contributed by atoms with Crippen LogP contribution in [0.5, 0.6) is 0 Å². The van der Waals surface area contributed by atoms with Crippen molar-refractivity contribution in [1.82, 2.24) is 9.97 Å². The maximum atomic E-state index is 11.4. The molecule has 0 aliphatic rings. The van der Waals surface area contributed by atoms with E-state index >= 15 is 0 Å². The number of nitrogens with zero attached hydrogens (tertiary/aromatic N) is 2. The maximum Gasteiger partial charge on any atom is 0.346 e. The first-order valence-electron chi connectivity index (χ1n) is 8.05. The number of aromatic carboxylic acids is 1. The van der Waals surface area contributed by atoms with Gasteiger partial charge in [0.25, 0.3) is 0 Å². The second-order valence-corrected chi connectivity index (χ2v) is 8.11. The second kappa shape index (κ2) is 6.11. The highest BCUT2D eigenvalue weighted by Crippen LogP contribution is 2.35. The van der Waals surface area contributed by atoms with E-state index in [0.29, 0.717) is 26.9 Å². The minimum absolute atomic E-state index is 0.0949. The molecule has 1 aromatic carbocycles. The Morgan fingerprint density at radius 2 is 1.76 bits per heavy atom. The lowest BCUT2D eigenvalue weighted by Gasteiger charge is -2.19. The number of benzene rings is 1. The Morgan fingerprint density at radius 1 is 1.12 bits per heavy atom. The minimum Gasteiger partial charge on any atom is -0.477 e. The highest BCUT2D eigenvalue weighted by Gasteiger charge is 2.20. The molecule has 2 N–H and O–H groups in total. The van der Waals surface area contributed by atoms with E-state index in [9.17, 15) is 9.90 Å². The van der Waals surface area contributed by atoms with Crippen molar-refractivity contribution >= 4 is 39.0 Å². The van der Waals surface area contributed by atoms with Crippen LogP contribution in [0.1, 0.15) is 47.4 Å². The van der Waals surface area contributed by atoms with Gasteiger partial charge in [0.1, 0.15) is 21.3 Å². The summed E-state index contributed by atoms with van der Waals surface area (Å²) in [5.41, 5.74) is 2.95. The van der Waals surface area contributed by atoms with Gasteiger partial charge < -0.3 is 10.4 Å². The standard InChI is InChI=1S/C19H21N3O2S/c1-10-14-16(20-11(2)21-17(14)25-15(10)18(23)24)22-13-8-6-12(7-9-13)19(3,4)5/h6-9H,1-5H3,(H,23,24)(H,20,21,22). The molecule has 25 heavy (non-hydrogen) atoms. The fourth-order valence-electron chi connectivity index (χ4n) is 2.73. The molecule has 130 valence electrons. The third kappa shape index (κ3) is 3.35. The van der Waals surface area contributed by atoms with Crippen LogP contribution in [0.3, 0.4) is 0 Å². The molecule has 0 aliphatic carbocycles. The zero-order valence-electron chi connectivity index (χ0n) is 15.0. The first kappa shape index (κ1) is 17.4. The number of carboxylic acids is 1. The van der Waals surface area contributed by atoms with Crippen LogP contribution >= 0.6 is 11.3 Å². The fourth-order valence-corrected chi connectivity index (χ4v) is 3.80. The number of thiophene rings is 1. The highest BCUT2D eigenvalue weighted by atomic mass is 32.1. The minimum atomic E-state index is -0.932. The predicted molar refractivity (Wildman–Crippen MR) is 102 cm³/mol. The molecule has 2 aromatic heterocycles. The van der Waals surface area contributed by atoms with Crippen LogP contribution in [0.2, 0.25) is 0 Å². The van der Waals surface area contributed by atoms with Crippen LogP contribution in [-0.2, 0) is 5.41 Å². The summed E-state index contributed by atoms with van der Waals surface area (Å²) in [7, 11) is 0. The van der Waals surface area contributed by atoms with Gasteiger partial charge in [-0.25, -0.2) is 14.8 Å². The number of carboxylic acid groups (broad SMARTS) is 1. The lowest BCUT2D eigenvalue weighted by atomic mass is 9.87. The second-order valence-electron chi connectivity index (χ2n) is 7.11. The molecule has 0 bridgehead atoms. The van der Waals surface area contributed by atoms with Crippen molar-refractivity contribution < 1.29 is 9.90 Å². The third-order valence-corrected chi connectivity index (χ3v) is 5.28. The molecule has 6 heteroatoms. The molecule has 3 aromatic rings. The van der Waals surface area contributed by atoms with E-state index in [1.54, 1.807) is 6.92 Å². The van der Waals surface area contributed by atoms with Crippen molar-refractivity contribution in [3.63, 3.8) is 0 Å². The van der Waals surface area contributed by atoms with Crippen molar-refractivity contribution in [2.45, 2.75) is 40.0 Å². The zero-order valence-corrected chi connectivity index (χ0v) is 15.8. The third-order valence-electron chi connectivity index (χ3n) is 4.11. The Kier molecular flexibility index (Phi) is 4.24. The normalized spacial score (nSPS) is 11.7. The van der Waals surface area contributed by atoms with Crippen LogP contribution < -0.4 is 5.32 Å². The van der Waals surface area contributed by atoms with E-state index < -0.39 is 5.97 Å². The molecule has 2 heterocycles. The average molecular weight is 355 g/mol. The van der Waals surface area contributed by atoms with Crippen LogP contribution in [0.15, 0.2) is 24.3 Å². The maximum absolute atomic E-state index is 11.4. The molecule has 0 aliphatic heterocycles. The summed E-state index contributed by atoms with van der Waals surface area (Å²) >= 11 is 1.19. The molecule has 5 nitrogen and oxygen atoms in total. The van der Waals surface area contributed by atoms with E-state index in [2.05, 4.69) is 48.2 Å². The van der Waals surface area contributed by atoms with Gasteiger partial charge in [-0.2, -0.15) is 0 Å². The first-order valence-corrected chi connectivity index (χ1v) is 8.87. The van der Waals surface area contributed by atoms with Gasteiger partial charge in [-0.3, -0.25) is 0 Å². The number of fused-ring (bicyclic) bond motifs is 1. The van der Waals surface area contributed by atoms with Crippen LogP contribution in [0, 0.1) is 13.8 Å². The Balaban J connectivity index is 2.05. The predicted octanol–water partition coefficient (Wildman–Crippen LogP) is 5.05. The summed E-state index contributed by atoms with van der Waals surface area (Å²) in [4.78, 5) is 21.3. The molecule has 0 saturated carbocycles. The lowest BCUT2D eigenvalue weighted by molar-refractivity contribution is 0.0701. The summed E-state index contributed by atoms with van der Waals surface area (Å²) < 4.78 is 0. The molecule has 0 fully saturated rings. The van der Waals surface area contributed by atoms with Gasteiger partial charge in [0.05, 0.1) is 5.39 Å². The van der Waals surface area contributed by atoms with E-state index in [0.717, 1.165) is 11.1 Å². The largest absolute Gasteiger partial charge is 0.477 e. The molecule has 3 rings (SSSR count).